The molecule has 0 aliphatic heterocycles. The topological polar surface area (TPSA) is 82.1 Å². The van der Waals surface area contributed by atoms with Gasteiger partial charge in [0.15, 0.2) is 0 Å². The third kappa shape index (κ3) is 2.36. The van der Waals surface area contributed by atoms with Crippen LogP contribution in [0.2, 0.25) is 0 Å². The zero-order valence-corrected chi connectivity index (χ0v) is 10.7. The van der Waals surface area contributed by atoms with Gasteiger partial charge in [0.25, 0.3) is 5.91 Å². The molecule has 0 bridgehead atoms. The molecule has 7 heteroatoms. The summed E-state index contributed by atoms with van der Waals surface area (Å²) in [7, 11) is 0. The highest BCUT2D eigenvalue weighted by Gasteiger charge is 2.09. The normalized spacial score (nSPS) is 10.6. The van der Waals surface area contributed by atoms with E-state index in [-0.39, 0.29) is 11.6 Å². The molecule has 2 aromatic heterocycles. The Morgan fingerprint density at radius 2 is 2.11 bits per heavy atom. The van der Waals surface area contributed by atoms with Gasteiger partial charge in [0.05, 0.1) is 11.4 Å². The molecule has 0 atom stereocenters. The maximum Gasteiger partial charge on any atom is 0.328 e. The third-order valence-electron chi connectivity index (χ3n) is 2.60. The summed E-state index contributed by atoms with van der Waals surface area (Å²) in [6.07, 6.45) is 3.50. The Hall–Kier alpha value is -1.86. The van der Waals surface area contributed by atoms with Crippen molar-refractivity contribution >= 4 is 17.2 Å². The lowest BCUT2D eigenvalue weighted by atomic mass is 10.4. The van der Waals surface area contributed by atoms with Crippen LogP contribution >= 0.6 is 11.3 Å². The standard InChI is InChI=1S/C11H14N4O2S/c1-2-14-5-6-15(11(14)17)7-8-3-4-9(18-8)10(16)13-12/h3-6H,2,7,12H2,1H3,(H,13,16). The van der Waals surface area contributed by atoms with Gasteiger partial charge in [-0.3, -0.25) is 19.4 Å². The number of amides is 1. The highest BCUT2D eigenvalue weighted by Crippen LogP contribution is 2.16. The largest absolute Gasteiger partial charge is 0.328 e. The average Bonchev–Trinajstić information content (AvgIpc) is 2.97. The molecule has 0 aliphatic carbocycles. The average molecular weight is 266 g/mol. The maximum atomic E-state index is 11.8. The molecule has 2 heterocycles. The van der Waals surface area contributed by atoms with Gasteiger partial charge in [0.2, 0.25) is 0 Å². The van der Waals surface area contributed by atoms with Gasteiger partial charge in [0, 0.05) is 23.8 Å². The number of hydrazine groups is 1. The molecule has 3 N–H and O–H groups in total. The number of aryl methyl sites for hydroxylation is 1. The van der Waals surface area contributed by atoms with E-state index >= 15 is 0 Å². The Bertz CT molecular complexity index is 611. The van der Waals surface area contributed by atoms with Gasteiger partial charge in [-0.2, -0.15) is 0 Å². The maximum absolute atomic E-state index is 11.8. The van der Waals surface area contributed by atoms with Crippen molar-refractivity contribution in [2.45, 2.75) is 20.0 Å². The molecule has 6 nitrogen and oxygen atoms in total. The van der Waals surface area contributed by atoms with Gasteiger partial charge < -0.3 is 0 Å². The number of nitrogens with two attached hydrogens (primary N) is 1. The fraction of sp³-hybridized carbons (Fsp3) is 0.273. The molecule has 18 heavy (non-hydrogen) atoms. The van der Waals surface area contributed by atoms with E-state index in [1.165, 1.54) is 11.3 Å². The minimum atomic E-state index is -0.315. The highest BCUT2D eigenvalue weighted by atomic mass is 32.1. The van der Waals surface area contributed by atoms with E-state index in [0.29, 0.717) is 18.0 Å². The first kappa shape index (κ1) is 12.6. The summed E-state index contributed by atoms with van der Waals surface area (Å²) in [6.45, 7) is 3.03. The molecular weight excluding hydrogens is 252 g/mol. The highest BCUT2D eigenvalue weighted by molar-refractivity contribution is 7.14. The van der Waals surface area contributed by atoms with Crippen molar-refractivity contribution in [1.82, 2.24) is 14.6 Å². The van der Waals surface area contributed by atoms with Gasteiger partial charge in [-0.05, 0) is 19.1 Å². The lowest BCUT2D eigenvalue weighted by molar-refractivity contribution is 0.0957. The summed E-state index contributed by atoms with van der Waals surface area (Å²) in [6, 6.07) is 3.52. The van der Waals surface area contributed by atoms with Crippen LogP contribution in [0.15, 0.2) is 29.3 Å². The first-order chi connectivity index (χ1) is 8.65. The van der Waals surface area contributed by atoms with Crippen LogP contribution in [0, 0.1) is 0 Å². The van der Waals surface area contributed by atoms with Gasteiger partial charge in [0.1, 0.15) is 0 Å². The molecule has 0 aliphatic rings. The third-order valence-corrected chi connectivity index (χ3v) is 3.67. The SMILES string of the molecule is CCn1ccn(Cc2ccc(C(=O)NN)s2)c1=O. The summed E-state index contributed by atoms with van der Waals surface area (Å²) in [5.41, 5.74) is 2.04. The number of thiophene rings is 1. The Morgan fingerprint density at radius 1 is 1.39 bits per heavy atom. The number of aromatic nitrogens is 2. The quantitative estimate of drug-likeness (QED) is 0.477. The van der Waals surface area contributed by atoms with Crippen molar-refractivity contribution in [3.63, 3.8) is 0 Å². The van der Waals surface area contributed by atoms with Crippen LogP contribution in [0.5, 0.6) is 0 Å². The van der Waals surface area contributed by atoms with E-state index in [9.17, 15) is 9.59 Å². The predicted molar refractivity (Wildman–Crippen MR) is 69.4 cm³/mol. The lowest BCUT2D eigenvalue weighted by Gasteiger charge is -1.98. The number of imidazole rings is 1. The Balaban J connectivity index is 2.19. The molecule has 1 amide bonds. The summed E-state index contributed by atoms with van der Waals surface area (Å²) < 4.78 is 3.24. The van der Waals surface area contributed by atoms with Crippen molar-refractivity contribution in [3.05, 3.63) is 44.8 Å². The van der Waals surface area contributed by atoms with E-state index in [2.05, 4.69) is 5.43 Å². The van der Waals surface area contributed by atoms with E-state index in [0.717, 1.165) is 4.88 Å². The van der Waals surface area contributed by atoms with E-state index in [1.807, 2.05) is 13.0 Å². The lowest BCUT2D eigenvalue weighted by Crippen LogP contribution is -2.29. The molecule has 0 unspecified atom stereocenters. The first-order valence-corrected chi connectivity index (χ1v) is 6.32. The number of carbonyl (C=O) groups is 1. The number of carbonyl (C=O) groups excluding carboxylic acids is 1. The van der Waals surface area contributed by atoms with E-state index in [1.54, 1.807) is 27.6 Å². The molecule has 0 fully saturated rings. The van der Waals surface area contributed by atoms with Gasteiger partial charge in [-0.25, -0.2) is 10.6 Å². The van der Waals surface area contributed by atoms with Crippen molar-refractivity contribution in [2.24, 2.45) is 5.84 Å². The molecule has 0 radical (unpaired) electrons. The summed E-state index contributed by atoms with van der Waals surface area (Å²) in [5, 5.41) is 0. The monoisotopic (exact) mass is 266 g/mol. The number of rotatable bonds is 4. The second kappa shape index (κ2) is 5.19. The van der Waals surface area contributed by atoms with E-state index < -0.39 is 0 Å². The van der Waals surface area contributed by atoms with Crippen LogP contribution in [-0.2, 0) is 13.1 Å². The minimum Gasteiger partial charge on any atom is -0.300 e. The molecule has 96 valence electrons. The second-order valence-electron chi connectivity index (χ2n) is 3.73. The van der Waals surface area contributed by atoms with Crippen molar-refractivity contribution in [1.29, 1.82) is 0 Å². The molecule has 0 aromatic carbocycles. The van der Waals surface area contributed by atoms with Crippen LogP contribution in [0.25, 0.3) is 0 Å². The van der Waals surface area contributed by atoms with Crippen molar-refractivity contribution in [3.8, 4) is 0 Å². The Labute approximate surface area is 108 Å². The number of hydrogen-bond donors (Lipinski definition) is 2. The number of nitrogen functional groups attached to an aromatic ring is 1. The van der Waals surface area contributed by atoms with Gasteiger partial charge >= 0.3 is 5.69 Å². The molecule has 2 aromatic rings. The van der Waals surface area contributed by atoms with Gasteiger partial charge in [-0.15, -0.1) is 11.3 Å². The van der Waals surface area contributed by atoms with Crippen LogP contribution in [-0.4, -0.2) is 15.0 Å². The number of hydrogen-bond acceptors (Lipinski definition) is 4. The van der Waals surface area contributed by atoms with Crippen LogP contribution < -0.4 is 17.0 Å². The summed E-state index contributed by atoms with van der Waals surface area (Å²) in [4.78, 5) is 24.6. The van der Waals surface area contributed by atoms with Crippen LogP contribution in [0.1, 0.15) is 21.5 Å². The molecule has 2 rings (SSSR count). The minimum absolute atomic E-state index is 0.0456. The zero-order valence-electron chi connectivity index (χ0n) is 9.92. The first-order valence-electron chi connectivity index (χ1n) is 5.51. The summed E-state index contributed by atoms with van der Waals surface area (Å²) in [5.74, 6) is 4.74. The molecular formula is C11H14N4O2S. The van der Waals surface area contributed by atoms with Crippen LogP contribution in [0.3, 0.4) is 0 Å². The smallest absolute Gasteiger partial charge is 0.300 e. The zero-order chi connectivity index (χ0) is 13.1. The Morgan fingerprint density at radius 3 is 2.72 bits per heavy atom. The Kier molecular flexibility index (Phi) is 3.63. The van der Waals surface area contributed by atoms with Gasteiger partial charge in [-0.1, -0.05) is 0 Å². The van der Waals surface area contributed by atoms with Crippen molar-refractivity contribution in [2.75, 3.05) is 0 Å². The molecule has 0 saturated heterocycles. The number of nitrogens with one attached hydrogen (secondary N) is 1. The van der Waals surface area contributed by atoms with Crippen molar-refractivity contribution < 1.29 is 4.79 Å². The summed E-state index contributed by atoms with van der Waals surface area (Å²) >= 11 is 1.32. The number of nitrogens with zero attached hydrogens (tertiary/aromatic N) is 2. The molecule has 0 spiro atoms. The fourth-order valence-corrected chi connectivity index (χ4v) is 2.55. The fourth-order valence-electron chi connectivity index (χ4n) is 1.64. The van der Waals surface area contributed by atoms with Crippen LogP contribution in [0.4, 0.5) is 0 Å². The second-order valence-corrected chi connectivity index (χ2v) is 4.90. The van der Waals surface area contributed by atoms with E-state index in [4.69, 9.17) is 5.84 Å². The predicted octanol–water partition coefficient (Wildman–Crippen LogP) is 0.383. The molecule has 0 saturated carbocycles.